The van der Waals surface area contributed by atoms with Crippen LogP contribution in [-0.4, -0.2) is 35.2 Å². The van der Waals surface area contributed by atoms with Gasteiger partial charge in [0.05, 0.1) is 6.61 Å². The number of ether oxygens (including phenoxy) is 1. The minimum absolute atomic E-state index is 0.337. The SMILES string of the molecule is CC(C)CCOc1cccc(CN2CCCC2C(=O)O)c1. The molecule has 1 aliphatic rings. The Kier molecular flexibility index (Phi) is 5.62. The molecule has 0 bridgehead atoms. The predicted molar refractivity (Wildman–Crippen MR) is 82.5 cm³/mol. The van der Waals surface area contributed by atoms with Crippen molar-refractivity contribution in [3.8, 4) is 5.75 Å². The zero-order valence-corrected chi connectivity index (χ0v) is 12.9. The molecule has 0 spiro atoms. The summed E-state index contributed by atoms with van der Waals surface area (Å²) in [6.07, 6.45) is 2.75. The summed E-state index contributed by atoms with van der Waals surface area (Å²) in [5.74, 6) is 0.796. The van der Waals surface area contributed by atoms with Crippen LogP contribution in [-0.2, 0) is 11.3 Å². The monoisotopic (exact) mass is 291 g/mol. The van der Waals surface area contributed by atoms with E-state index in [1.807, 2.05) is 29.2 Å². The third-order valence-electron chi connectivity index (χ3n) is 3.90. The van der Waals surface area contributed by atoms with Gasteiger partial charge in [-0.25, -0.2) is 0 Å². The molecule has 0 aromatic heterocycles. The fourth-order valence-corrected chi connectivity index (χ4v) is 2.68. The van der Waals surface area contributed by atoms with Gasteiger partial charge in [0.1, 0.15) is 11.8 Å². The zero-order chi connectivity index (χ0) is 15.2. The van der Waals surface area contributed by atoms with E-state index in [-0.39, 0.29) is 6.04 Å². The largest absolute Gasteiger partial charge is 0.494 e. The van der Waals surface area contributed by atoms with Gasteiger partial charge >= 0.3 is 5.97 Å². The Hall–Kier alpha value is -1.55. The standard InChI is InChI=1S/C17H25NO3/c1-13(2)8-10-21-15-6-3-5-14(11-15)12-18-9-4-7-16(18)17(19)20/h3,5-6,11,13,16H,4,7-10,12H2,1-2H3,(H,19,20). The van der Waals surface area contributed by atoms with Crippen LogP contribution in [0.15, 0.2) is 24.3 Å². The van der Waals surface area contributed by atoms with E-state index in [0.717, 1.165) is 43.7 Å². The summed E-state index contributed by atoms with van der Waals surface area (Å²) in [5.41, 5.74) is 1.12. The van der Waals surface area contributed by atoms with Crippen LogP contribution in [0.1, 0.15) is 38.7 Å². The van der Waals surface area contributed by atoms with Crippen LogP contribution in [0.4, 0.5) is 0 Å². The van der Waals surface area contributed by atoms with E-state index in [1.165, 1.54) is 0 Å². The minimum atomic E-state index is -0.711. The number of carbonyl (C=O) groups is 1. The fraction of sp³-hybridized carbons (Fsp3) is 0.588. The molecule has 1 fully saturated rings. The number of aliphatic carboxylic acids is 1. The van der Waals surface area contributed by atoms with E-state index in [1.54, 1.807) is 0 Å². The first-order valence-corrected chi connectivity index (χ1v) is 7.75. The van der Waals surface area contributed by atoms with Crippen molar-refractivity contribution in [3.05, 3.63) is 29.8 Å². The molecule has 1 N–H and O–H groups in total. The summed E-state index contributed by atoms with van der Waals surface area (Å²) < 4.78 is 5.76. The molecule has 0 aliphatic carbocycles. The van der Waals surface area contributed by atoms with Crippen molar-refractivity contribution < 1.29 is 14.6 Å². The second-order valence-electron chi connectivity index (χ2n) is 6.15. The van der Waals surface area contributed by atoms with E-state index in [2.05, 4.69) is 13.8 Å². The number of nitrogens with zero attached hydrogens (tertiary/aromatic N) is 1. The second-order valence-corrected chi connectivity index (χ2v) is 6.15. The van der Waals surface area contributed by atoms with Crippen molar-refractivity contribution in [2.45, 2.75) is 45.7 Å². The molecule has 21 heavy (non-hydrogen) atoms. The van der Waals surface area contributed by atoms with E-state index < -0.39 is 5.97 Å². The molecule has 4 nitrogen and oxygen atoms in total. The molecule has 1 saturated heterocycles. The highest BCUT2D eigenvalue weighted by molar-refractivity contribution is 5.73. The molecule has 1 aromatic rings. The van der Waals surface area contributed by atoms with Gasteiger partial charge in [0.25, 0.3) is 0 Å². The van der Waals surface area contributed by atoms with Crippen molar-refractivity contribution in [1.29, 1.82) is 0 Å². The first-order valence-electron chi connectivity index (χ1n) is 7.75. The fourth-order valence-electron chi connectivity index (χ4n) is 2.68. The van der Waals surface area contributed by atoms with Crippen LogP contribution in [0.5, 0.6) is 5.75 Å². The van der Waals surface area contributed by atoms with Gasteiger partial charge in [0.2, 0.25) is 0 Å². The van der Waals surface area contributed by atoms with E-state index >= 15 is 0 Å². The summed E-state index contributed by atoms with van der Waals surface area (Å²) in [7, 11) is 0. The average molecular weight is 291 g/mol. The maximum Gasteiger partial charge on any atom is 0.320 e. The molecule has 2 rings (SSSR count). The van der Waals surface area contributed by atoms with Crippen LogP contribution in [0, 0.1) is 5.92 Å². The minimum Gasteiger partial charge on any atom is -0.494 e. The highest BCUT2D eigenvalue weighted by Gasteiger charge is 2.30. The van der Waals surface area contributed by atoms with E-state index in [9.17, 15) is 9.90 Å². The van der Waals surface area contributed by atoms with Crippen LogP contribution >= 0.6 is 0 Å². The lowest BCUT2D eigenvalue weighted by molar-refractivity contribution is -0.142. The molecule has 0 amide bonds. The van der Waals surface area contributed by atoms with E-state index in [4.69, 9.17) is 4.74 Å². The van der Waals surface area contributed by atoms with Crippen LogP contribution in [0.3, 0.4) is 0 Å². The summed E-state index contributed by atoms with van der Waals surface area (Å²) in [6, 6.07) is 7.66. The Bertz CT molecular complexity index is 473. The lowest BCUT2D eigenvalue weighted by Gasteiger charge is -2.21. The molecule has 116 valence electrons. The Morgan fingerprint density at radius 2 is 2.29 bits per heavy atom. The average Bonchev–Trinajstić information content (AvgIpc) is 2.87. The Labute approximate surface area is 126 Å². The first kappa shape index (κ1) is 15.8. The smallest absolute Gasteiger partial charge is 0.320 e. The Balaban J connectivity index is 1.93. The molecule has 1 aromatic carbocycles. The van der Waals surface area contributed by atoms with Crippen LogP contribution in [0.2, 0.25) is 0 Å². The van der Waals surface area contributed by atoms with Crippen molar-refractivity contribution >= 4 is 5.97 Å². The van der Waals surface area contributed by atoms with Crippen LogP contribution in [0.25, 0.3) is 0 Å². The third kappa shape index (κ3) is 4.74. The van der Waals surface area contributed by atoms with Gasteiger partial charge in [0, 0.05) is 6.54 Å². The normalized spacial score (nSPS) is 19.1. The molecule has 1 unspecified atom stereocenters. The highest BCUT2D eigenvalue weighted by Crippen LogP contribution is 2.22. The predicted octanol–water partition coefficient (Wildman–Crippen LogP) is 3.16. The summed E-state index contributed by atoms with van der Waals surface area (Å²) >= 11 is 0. The quantitative estimate of drug-likeness (QED) is 0.838. The van der Waals surface area contributed by atoms with E-state index in [0.29, 0.717) is 12.5 Å². The van der Waals surface area contributed by atoms with Crippen molar-refractivity contribution in [2.24, 2.45) is 5.92 Å². The molecule has 1 heterocycles. The number of hydrogen-bond acceptors (Lipinski definition) is 3. The molecule has 1 atom stereocenters. The first-order chi connectivity index (χ1) is 10.1. The number of likely N-dealkylation sites (tertiary alicyclic amines) is 1. The number of rotatable bonds is 7. The summed E-state index contributed by atoms with van der Waals surface area (Å²) in [6.45, 7) is 6.62. The maximum absolute atomic E-state index is 11.2. The molecular weight excluding hydrogens is 266 g/mol. The zero-order valence-electron chi connectivity index (χ0n) is 12.9. The number of carboxylic acids is 1. The number of benzene rings is 1. The molecule has 0 saturated carbocycles. The van der Waals surface area contributed by atoms with Gasteiger partial charge in [-0.15, -0.1) is 0 Å². The lowest BCUT2D eigenvalue weighted by Crippen LogP contribution is -2.35. The highest BCUT2D eigenvalue weighted by atomic mass is 16.5. The summed E-state index contributed by atoms with van der Waals surface area (Å²) in [4.78, 5) is 13.2. The van der Waals surface area contributed by atoms with Gasteiger partial charge in [-0.2, -0.15) is 0 Å². The van der Waals surface area contributed by atoms with Gasteiger partial charge in [-0.05, 0) is 49.4 Å². The summed E-state index contributed by atoms with van der Waals surface area (Å²) in [5, 5.41) is 9.22. The van der Waals surface area contributed by atoms with Crippen molar-refractivity contribution in [1.82, 2.24) is 4.90 Å². The molecule has 4 heteroatoms. The van der Waals surface area contributed by atoms with Gasteiger partial charge in [-0.1, -0.05) is 26.0 Å². The molecule has 0 radical (unpaired) electrons. The maximum atomic E-state index is 11.2. The van der Waals surface area contributed by atoms with Gasteiger partial charge < -0.3 is 9.84 Å². The number of hydrogen-bond donors (Lipinski definition) is 1. The number of carboxylic acid groups (broad SMARTS) is 1. The van der Waals surface area contributed by atoms with Gasteiger partial charge in [-0.3, -0.25) is 9.69 Å². The Morgan fingerprint density at radius 1 is 1.48 bits per heavy atom. The Morgan fingerprint density at radius 3 is 3.00 bits per heavy atom. The second kappa shape index (κ2) is 7.46. The lowest BCUT2D eigenvalue weighted by atomic mass is 10.1. The van der Waals surface area contributed by atoms with Crippen molar-refractivity contribution in [3.63, 3.8) is 0 Å². The molecule has 1 aliphatic heterocycles. The van der Waals surface area contributed by atoms with Crippen molar-refractivity contribution in [2.75, 3.05) is 13.2 Å². The topological polar surface area (TPSA) is 49.8 Å². The third-order valence-corrected chi connectivity index (χ3v) is 3.90. The molecular formula is C17H25NO3. The van der Waals surface area contributed by atoms with Gasteiger partial charge in [0.15, 0.2) is 0 Å². The van der Waals surface area contributed by atoms with Crippen LogP contribution < -0.4 is 4.74 Å².